The fraction of sp³-hybridized carbons (Fsp3) is 0.345. The number of hydrogen-bond donors (Lipinski definition) is 1. The van der Waals surface area contributed by atoms with Crippen molar-refractivity contribution in [3.8, 4) is 22.6 Å². The minimum Gasteiger partial charge on any atom is -0.486 e. The molecule has 0 bridgehead atoms. The third kappa shape index (κ3) is 6.36. The normalized spacial score (nSPS) is 16.1. The number of halogens is 1. The van der Waals surface area contributed by atoms with Gasteiger partial charge in [-0.15, -0.1) is 0 Å². The number of nitrogens with one attached hydrogen (secondary N) is 1. The molecule has 182 valence electrons. The van der Waals surface area contributed by atoms with E-state index in [-0.39, 0.29) is 11.9 Å². The SMILES string of the molecule is O=C(Cc1ccc(-c2cccc(Cl)c2)cc1)N[C@@H](Cc1ccc2c(c1)OCCO2)CN1CCCC1. The summed E-state index contributed by atoms with van der Waals surface area (Å²) in [6.07, 6.45) is 3.56. The number of likely N-dealkylation sites (tertiary alicyclic amines) is 1. The minimum atomic E-state index is 0.0360. The number of hydrogen-bond acceptors (Lipinski definition) is 4. The van der Waals surface area contributed by atoms with Gasteiger partial charge in [-0.05, 0) is 78.9 Å². The molecule has 0 saturated carbocycles. The van der Waals surface area contributed by atoms with E-state index >= 15 is 0 Å². The molecule has 1 saturated heterocycles. The Kier molecular flexibility index (Phi) is 7.55. The lowest BCUT2D eigenvalue weighted by molar-refractivity contribution is -0.121. The number of benzene rings is 3. The Balaban J connectivity index is 1.24. The van der Waals surface area contributed by atoms with Crippen LogP contribution in [0.3, 0.4) is 0 Å². The number of amides is 1. The van der Waals surface area contributed by atoms with Crippen LogP contribution < -0.4 is 14.8 Å². The molecule has 1 fully saturated rings. The largest absolute Gasteiger partial charge is 0.486 e. The average molecular weight is 491 g/mol. The summed E-state index contributed by atoms with van der Waals surface area (Å²) in [5.74, 6) is 1.63. The molecule has 2 aliphatic rings. The Bertz CT molecular complexity index is 1160. The van der Waals surface area contributed by atoms with Gasteiger partial charge in [-0.3, -0.25) is 4.79 Å². The first kappa shape index (κ1) is 23.7. The van der Waals surface area contributed by atoms with Crippen molar-refractivity contribution in [1.29, 1.82) is 0 Å². The first-order valence-corrected chi connectivity index (χ1v) is 12.8. The Hall–Kier alpha value is -3.02. The maximum absolute atomic E-state index is 13.0. The number of rotatable bonds is 8. The van der Waals surface area contributed by atoms with Gasteiger partial charge < -0.3 is 19.7 Å². The van der Waals surface area contributed by atoms with Crippen LogP contribution in [0.1, 0.15) is 24.0 Å². The second kappa shape index (κ2) is 11.1. The highest BCUT2D eigenvalue weighted by atomic mass is 35.5. The van der Waals surface area contributed by atoms with E-state index in [0.717, 1.165) is 59.8 Å². The molecular formula is C29H31ClN2O3. The minimum absolute atomic E-state index is 0.0360. The van der Waals surface area contributed by atoms with Crippen LogP contribution in [0.4, 0.5) is 0 Å². The zero-order valence-corrected chi connectivity index (χ0v) is 20.6. The van der Waals surface area contributed by atoms with Crippen molar-refractivity contribution in [2.75, 3.05) is 32.8 Å². The van der Waals surface area contributed by atoms with Gasteiger partial charge in [-0.25, -0.2) is 0 Å². The third-order valence-corrected chi connectivity index (χ3v) is 6.84. The van der Waals surface area contributed by atoms with Crippen molar-refractivity contribution < 1.29 is 14.3 Å². The van der Waals surface area contributed by atoms with E-state index < -0.39 is 0 Å². The molecule has 0 unspecified atom stereocenters. The quantitative estimate of drug-likeness (QED) is 0.475. The highest BCUT2D eigenvalue weighted by molar-refractivity contribution is 6.30. The maximum Gasteiger partial charge on any atom is 0.224 e. The van der Waals surface area contributed by atoms with E-state index in [1.165, 1.54) is 12.8 Å². The van der Waals surface area contributed by atoms with Gasteiger partial charge in [0.05, 0.1) is 6.42 Å². The van der Waals surface area contributed by atoms with Gasteiger partial charge >= 0.3 is 0 Å². The molecule has 2 aliphatic heterocycles. The Morgan fingerprint density at radius 3 is 2.40 bits per heavy atom. The number of nitrogens with zero attached hydrogens (tertiary/aromatic N) is 1. The van der Waals surface area contributed by atoms with Crippen molar-refractivity contribution >= 4 is 17.5 Å². The molecule has 1 N–H and O–H groups in total. The molecule has 5 rings (SSSR count). The second-order valence-electron chi connectivity index (χ2n) is 9.34. The lowest BCUT2D eigenvalue weighted by Gasteiger charge is -2.25. The summed E-state index contributed by atoms with van der Waals surface area (Å²) in [7, 11) is 0. The molecular weight excluding hydrogens is 460 g/mol. The average Bonchev–Trinajstić information content (AvgIpc) is 3.37. The molecule has 0 spiro atoms. The molecule has 0 aliphatic carbocycles. The van der Waals surface area contributed by atoms with Gasteiger partial charge in [0.25, 0.3) is 0 Å². The van der Waals surface area contributed by atoms with Crippen molar-refractivity contribution in [3.63, 3.8) is 0 Å². The van der Waals surface area contributed by atoms with Crippen LogP contribution in [0.5, 0.6) is 11.5 Å². The van der Waals surface area contributed by atoms with Crippen LogP contribution in [0.25, 0.3) is 11.1 Å². The van der Waals surface area contributed by atoms with Crippen molar-refractivity contribution in [2.45, 2.75) is 31.7 Å². The highest BCUT2D eigenvalue weighted by Crippen LogP contribution is 2.31. The lowest BCUT2D eigenvalue weighted by Crippen LogP contribution is -2.45. The van der Waals surface area contributed by atoms with Gasteiger partial charge in [0.2, 0.25) is 5.91 Å². The number of carbonyl (C=O) groups excluding carboxylic acids is 1. The van der Waals surface area contributed by atoms with Gasteiger partial charge in [-0.1, -0.05) is 54.1 Å². The van der Waals surface area contributed by atoms with E-state index in [9.17, 15) is 4.79 Å². The van der Waals surface area contributed by atoms with E-state index in [1.807, 2.05) is 60.7 Å². The van der Waals surface area contributed by atoms with E-state index in [0.29, 0.717) is 24.7 Å². The Labute approximate surface area is 212 Å². The topological polar surface area (TPSA) is 50.8 Å². The fourth-order valence-corrected chi connectivity index (χ4v) is 5.07. The zero-order chi connectivity index (χ0) is 24.0. The molecule has 1 amide bonds. The molecule has 6 heteroatoms. The van der Waals surface area contributed by atoms with E-state index in [1.54, 1.807) is 0 Å². The summed E-state index contributed by atoms with van der Waals surface area (Å²) in [5, 5.41) is 4.02. The molecule has 3 aromatic rings. The molecule has 3 aromatic carbocycles. The smallest absolute Gasteiger partial charge is 0.224 e. The van der Waals surface area contributed by atoms with Gasteiger partial charge in [-0.2, -0.15) is 0 Å². The second-order valence-corrected chi connectivity index (χ2v) is 9.77. The fourth-order valence-electron chi connectivity index (χ4n) is 4.88. The molecule has 0 aromatic heterocycles. The van der Waals surface area contributed by atoms with Gasteiger partial charge in [0.15, 0.2) is 11.5 Å². The van der Waals surface area contributed by atoms with Crippen molar-refractivity contribution in [1.82, 2.24) is 10.2 Å². The molecule has 0 radical (unpaired) electrons. The number of ether oxygens (including phenoxy) is 2. The lowest BCUT2D eigenvalue weighted by atomic mass is 10.0. The molecule has 5 nitrogen and oxygen atoms in total. The summed E-state index contributed by atoms with van der Waals surface area (Å²) in [6.45, 7) is 4.20. The van der Waals surface area contributed by atoms with Crippen LogP contribution >= 0.6 is 11.6 Å². The van der Waals surface area contributed by atoms with Gasteiger partial charge in [0.1, 0.15) is 13.2 Å². The zero-order valence-electron chi connectivity index (χ0n) is 19.8. The standard InChI is InChI=1S/C29H31ClN2O3/c30-25-5-3-4-24(19-25)23-9-6-21(7-10-23)18-29(33)31-26(20-32-12-1-2-13-32)16-22-8-11-27-28(17-22)35-15-14-34-27/h3-11,17,19,26H,1-2,12-16,18,20H2,(H,31,33)/t26-/m0/s1. The first-order chi connectivity index (χ1) is 17.1. The van der Waals surface area contributed by atoms with E-state index in [4.69, 9.17) is 21.1 Å². The Morgan fingerprint density at radius 2 is 1.63 bits per heavy atom. The predicted molar refractivity (Wildman–Crippen MR) is 139 cm³/mol. The molecule has 2 heterocycles. The predicted octanol–water partition coefficient (Wildman–Crippen LogP) is 5.14. The summed E-state index contributed by atoms with van der Waals surface area (Å²) >= 11 is 6.13. The number of carbonyl (C=O) groups is 1. The van der Waals surface area contributed by atoms with Crippen molar-refractivity contribution in [2.24, 2.45) is 0 Å². The molecule has 1 atom stereocenters. The van der Waals surface area contributed by atoms with Gasteiger partial charge in [0, 0.05) is 17.6 Å². The first-order valence-electron chi connectivity index (χ1n) is 12.4. The summed E-state index contributed by atoms with van der Waals surface area (Å²) in [5.41, 5.74) is 4.29. The monoisotopic (exact) mass is 490 g/mol. The van der Waals surface area contributed by atoms with Crippen LogP contribution in [0, 0.1) is 0 Å². The summed E-state index contributed by atoms with van der Waals surface area (Å²) in [6, 6.07) is 22.1. The summed E-state index contributed by atoms with van der Waals surface area (Å²) < 4.78 is 11.4. The summed E-state index contributed by atoms with van der Waals surface area (Å²) in [4.78, 5) is 15.5. The van der Waals surface area contributed by atoms with Crippen molar-refractivity contribution in [3.05, 3.63) is 82.9 Å². The maximum atomic E-state index is 13.0. The van der Waals surface area contributed by atoms with Crippen LogP contribution in [-0.4, -0.2) is 49.7 Å². The Morgan fingerprint density at radius 1 is 0.886 bits per heavy atom. The highest BCUT2D eigenvalue weighted by Gasteiger charge is 2.21. The van der Waals surface area contributed by atoms with Crippen LogP contribution in [-0.2, 0) is 17.6 Å². The third-order valence-electron chi connectivity index (χ3n) is 6.61. The van der Waals surface area contributed by atoms with Crippen LogP contribution in [0.2, 0.25) is 5.02 Å². The van der Waals surface area contributed by atoms with E-state index in [2.05, 4.69) is 16.3 Å². The van der Waals surface area contributed by atoms with Crippen LogP contribution in [0.15, 0.2) is 66.7 Å². The molecule has 35 heavy (non-hydrogen) atoms. The number of fused-ring (bicyclic) bond motifs is 1.